The number of nitrogens with one attached hydrogen (secondary N) is 1. The van der Waals surface area contributed by atoms with Crippen LogP contribution in [0.4, 0.5) is 0 Å². The maximum Gasteiger partial charge on any atom is 0.238 e. The Kier molecular flexibility index (Phi) is 6.97. The molecular weight excluding hydrogens is 384 g/mol. The fraction of sp³-hybridized carbons (Fsp3) is 0.526. The molecule has 1 unspecified atom stereocenters. The summed E-state index contributed by atoms with van der Waals surface area (Å²) < 4.78 is 11.1. The fourth-order valence-corrected chi connectivity index (χ4v) is 3.75. The minimum atomic E-state index is -1.50. The number of benzene rings is 1. The summed E-state index contributed by atoms with van der Waals surface area (Å²) in [5.74, 6) is 1.26. The van der Waals surface area contributed by atoms with E-state index >= 15 is 0 Å². The highest BCUT2D eigenvalue weighted by Gasteiger charge is 2.45. The third-order valence-electron chi connectivity index (χ3n) is 4.73. The number of rotatable bonds is 7. The summed E-state index contributed by atoms with van der Waals surface area (Å²) in [6.45, 7) is 3.46. The number of aliphatic hydroxyl groups excluding tert-OH is 4. The Labute approximate surface area is 167 Å². The molecule has 5 N–H and O–H groups in total. The second kappa shape index (κ2) is 9.25. The molecule has 8 nitrogen and oxygen atoms in total. The van der Waals surface area contributed by atoms with Crippen molar-refractivity contribution in [1.29, 1.82) is 0 Å². The Hall–Kier alpha value is -1.62. The van der Waals surface area contributed by atoms with Gasteiger partial charge in [0.1, 0.15) is 24.4 Å². The molecule has 5 atom stereocenters. The van der Waals surface area contributed by atoms with E-state index in [0.717, 1.165) is 22.6 Å². The van der Waals surface area contributed by atoms with Crippen molar-refractivity contribution in [2.75, 3.05) is 12.4 Å². The number of nitrogens with zero attached hydrogens (tertiary/aromatic N) is 1. The minimum Gasteiger partial charge on any atom is -0.443 e. The second-order valence-corrected chi connectivity index (χ2v) is 8.04. The average Bonchev–Trinajstić information content (AvgIpc) is 3.03. The van der Waals surface area contributed by atoms with E-state index in [0.29, 0.717) is 6.42 Å². The van der Waals surface area contributed by atoms with Crippen LogP contribution < -0.4 is 4.74 Å². The minimum absolute atomic E-state index is 0.244. The van der Waals surface area contributed by atoms with Gasteiger partial charge in [0.25, 0.3) is 0 Å². The molecule has 0 bridgehead atoms. The van der Waals surface area contributed by atoms with Gasteiger partial charge in [0.2, 0.25) is 12.2 Å². The van der Waals surface area contributed by atoms with Gasteiger partial charge in [0.15, 0.2) is 0 Å². The number of ether oxygens (including phenoxy) is 2. The first-order chi connectivity index (χ1) is 13.4. The summed E-state index contributed by atoms with van der Waals surface area (Å²) in [5, 5.41) is 46.3. The number of aromatic nitrogens is 2. The van der Waals surface area contributed by atoms with Crippen LogP contribution >= 0.6 is 11.8 Å². The van der Waals surface area contributed by atoms with Gasteiger partial charge < -0.3 is 29.9 Å². The van der Waals surface area contributed by atoms with E-state index in [1.807, 2.05) is 19.1 Å². The maximum atomic E-state index is 10.2. The topological polar surface area (TPSA) is 128 Å². The van der Waals surface area contributed by atoms with Gasteiger partial charge in [0.05, 0.1) is 6.61 Å². The lowest BCUT2D eigenvalue weighted by Gasteiger charge is -2.39. The van der Waals surface area contributed by atoms with Gasteiger partial charge in [-0.25, -0.2) is 0 Å². The highest BCUT2D eigenvalue weighted by Crippen LogP contribution is 2.28. The Bertz CT molecular complexity index is 766. The molecule has 9 heteroatoms. The van der Waals surface area contributed by atoms with Crippen LogP contribution in [0.15, 0.2) is 29.2 Å². The molecule has 1 aliphatic heterocycles. The standard InChI is InChI=1S/C19H26N2O6S/c1-3-28-12-6-4-11(5-7-12)8-13-10(2)20-21-18(13)27-19-17(25)16(24)15(23)14(9-22)26-19/h4-7,14-17,19,22-25H,3,8-9H2,1-2H3,(H,20,21)/t14-,15-,16+,17-,19?/m1/s1. The molecular formula is C19H26N2O6S. The molecule has 1 saturated heterocycles. The normalized spacial score (nSPS) is 27.7. The molecule has 154 valence electrons. The van der Waals surface area contributed by atoms with Crippen molar-refractivity contribution in [2.24, 2.45) is 0 Å². The van der Waals surface area contributed by atoms with E-state index in [9.17, 15) is 20.4 Å². The predicted molar refractivity (Wildman–Crippen MR) is 103 cm³/mol. The SMILES string of the molecule is CCSc1ccc(Cc2c(OC3O[C@H](CO)[C@@H](O)[C@H](O)[C@H]3O)n[nH]c2C)cc1. The van der Waals surface area contributed by atoms with Crippen molar-refractivity contribution in [1.82, 2.24) is 10.2 Å². The molecule has 0 amide bonds. The molecule has 2 aromatic rings. The van der Waals surface area contributed by atoms with Crippen molar-refractivity contribution in [3.63, 3.8) is 0 Å². The number of aryl methyl sites for hydroxylation is 1. The first-order valence-electron chi connectivity index (χ1n) is 9.17. The van der Waals surface area contributed by atoms with Gasteiger partial charge in [-0.05, 0) is 30.4 Å². The van der Waals surface area contributed by atoms with Crippen LogP contribution in [0.25, 0.3) is 0 Å². The lowest BCUT2D eigenvalue weighted by molar-refractivity contribution is -0.278. The molecule has 3 rings (SSSR count). The lowest BCUT2D eigenvalue weighted by Crippen LogP contribution is -2.60. The van der Waals surface area contributed by atoms with E-state index in [4.69, 9.17) is 9.47 Å². The lowest BCUT2D eigenvalue weighted by atomic mass is 9.99. The Morgan fingerprint density at radius 3 is 2.50 bits per heavy atom. The number of thioether (sulfide) groups is 1. The van der Waals surface area contributed by atoms with E-state index in [1.165, 1.54) is 4.90 Å². The molecule has 0 saturated carbocycles. The van der Waals surface area contributed by atoms with Crippen molar-refractivity contribution in [3.8, 4) is 5.88 Å². The van der Waals surface area contributed by atoms with Crippen LogP contribution in [-0.2, 0) is 11.2 Å². The molecule has 2 heterocycles. The largest absolute Gasteiger partial charge is 0.443 e. The molecule has 1 aliphatic rings. The zero-order valence-electron chi connectivity index (χ0n) is 15.8. The van der Waals surface area contributed by atoms with Crippen LogP contribution in [-0.4, -0.2) is 73.7 Å². The highest BCUT2D eigenvalue weighted by molar-refractivity contribution is 7.99. The molecule has 28 heavy (non-hydrogen) atoms. The van der Waals surface area contributed by atoms with Gasteiger partial charge in [-0.15, -0.1) is 16.9 Å². The highest BCUT2D eigenvalue weighted by atomic mass is 32.2. The predicted octanol–water partition coefficient (Wildman–Crippen LogP) is 0.600. The maximum absolute atomic E-state index is 10.2. The van der Waals surface area contributed by atoms with E-state index in [1.54, 1.807) is 11.8 Å². The first kappa shape index (κ1) is 21.1. The van der Waals surface area contributed by atoms with E-state index in [-0.39, 0.29) is 5.88 Å². The van der Waals surface area contributed by atoms with Gasteiger partial charge in [-0.1, -0.05) is 19.1 Å². The number of hydrogen-bond donors (Lipinski definition) is 5. The van der Waals surface area contributed by atoms with Crippen LogP contribution in [0.1, 0.15) is 23.7 Å². The van der Waals surface area contributed by atoms with Crippen molar-refractivity contribution < 1.29 is 29.9 Å². The molecule has 0 aliphatic carbocycles. The van der Waals surface area contributed by atoms with Crippen molar-refractivity contribution in [2.45, 2.75) is 55.9 Å². The molecule has 0 radical (unpaired) electrons. The van der Waals surface area contributed by atoms with E-state index < -0.39 is 37.3 Å². The third-order valence-corrected chi connectivity index (χ3v) is 5.62. The molecule has 0 spiro atoms. The summed E-state index contributed by atoms with van der Waals surface area (Å²) in [4.78, 5) is 1.20. The number of H-pyrrole nitrogens is 1. The van der Waals surface area contributed by atoms with Gasteiger partial charge in [0, 0.05) is 22.6 Å². The summed E-state index contributed by atoms with van der Waals surface area (Å²) in [6, 6.07) is 8.22. The average molecular weight is 410 g/mol. The van der Waals surface area contributed by atoms with Crippen LogP contribution in [0.3, 0.4) is 0 Å². The molecule has 1 fully saturated rings. The quantitative estimate of drug-likeness (QED) is 0.420. The Morgan fingerprint density at radius 2 is 1.86 bits per heavy atom. The van der Waals surface area contributed by atoms with Crippen molar-refractivity contribution in [3.05, 3.63) is 41.1 Å². The van der Waals surface area contributed by atoms with Gasteiger partial charge in [-0.2, -0.15) is 0 Å². The molecule has 1 aromatic heterocycles. The molecule has 1 aromatic carbocycles. The second-order valence-electron chi connectivity index (χ2n) is 6.70. The smallest absolute Gasteiger partial charge is 0.238 e. The number of aliphatic hydroxyl groups is 4. The summed E-state index contributed by atoms with van der Waals surface area (Å²) in [7, 11) is 0. The Balaban J connectivity index is 1.75. The van der Waals surface area contributed by atoms with Crippen LogP contribution in [0.5, 0.6) is 5.88 Å². The first-order valence-corrected chi connectivity index (χ1v) is 10.2. The zero-order chi connectivity index (χ0) is 20.3. The van der Waals surface area contributed by atoms with Gasteiger partial charge >= 0.3 is 0 Å². The number of aromatic amines is 1. The van der Waals surface area contributed by atoms with Crippen molar-refractivity contribution >= 4 is 11.8 Å². The van der Waals surface area contributed by atoms with Gasteiger partial charge in [-0.3, -0.25) is 5.10 Å². The summed E-state index contributed by atoms with van der Waals surface area (Å²) >= 11 is 1.77. The monoisotopic (exact) mass is 410 g/mol. The third kappa shape index (κ3) is 4.51. The van der Waals surface area contributed by atoms with Crippen LogP contribution in [0, 0.1) is 6.92 Å². The number of hydrogen-bond acceptors (Lipinski definition) is 8. The Morgan fingerprint density at radius 1 is 1.14 bits per heavy atom. The summed E-state index contributed by atoms with van der Waals surface area (Å²) in [5.41, 5.74) is 2.68. The van der Waals surface area contributed by atoms with E-state index in [2.05, 4.69) is 29.3 Å². The fourth-order valence-electron chi connectivity index (χ4n) is 3.08. The van der Waals surface area contributed by atoms with Crippen LogP contribution in [0.2, 0.25) is 0 Å². The zero-order valence-corrected chi connectivity index (χ0v) is 16.6. The summed E-state index contributed by atoms with van der Waals surface area (Å²) in [6.07, 6.45) is -6.14.